The van der Waals surface area contributed by atoms with E-state index in [0.29, 0.717) is 0 Å². The van der Waals surface area contributed by atoms with Gasteiger partial charge in [0.15, 0.2) is 0 Å². The molecule has 9 heavy (non-hydrogen) atoms. The lowest BCUT2D eigenvalue weighted by Crippen LogP contribution is -2.33. The molecule has 4 heteroatoms. The van der Waals surface area contributed by atoms with E-state index in [2.05, 4.69) is 0 Å². The lowest BCUT2D eigenvalue weighted by Gasteiger charge is -2.09. The van der Waals surface area contributed by atoms with Crippen LogP contribution < -0.4 is 0 Å². The molecule has 1 N–H and O–H groups in total. The van der Waals surface area contributed by atoms with E-state index in [4.69, 9.17) is 5.11 Å². The van der Waals surface area contributed by atoms with Gasteiger partial charge in [0, 0.05) is 14.0 Å². The molecule has 0 saturated heterocycles. The largest absolute Gasteiger partial charge is 0.387 e. The second-order valence-electron chi connectivity index (χ2n) is 1.63. The van der Waals surface area contributed by atoms with E-state index >= 15 is 0 Å². The van der Waals surface area contributed by atoms with Gasteiger partial charge >= 0.3 is 0 Å². The zero-order chi connectivity index (χ0) is 7.44. The predicted molar refractivity (Wildman–Crippen MR) is 30.5 cm³/mol. The van der Waals surface area contributed by atoms with E-state index in [1.807, 2.05) is 0 Å². The Labute approximate surface area is 53.1 Å². The van der Waals surface area contributed by atoms with Gasteiger partial charge in [-0.3, -0.25) is 14.5 Å². The number of aliphatic hydroxyl groups excluding tert-OH is 1. The van der Waals surface area contributed by atoms with Crippen LogP contribution >= 0.6 is 0 Å². The quantitative estimate of drug-likeness (QED) is 0.495. The molecular formula is C5H9NO3. The predicted octanol–water partition coefficient (Wildman–Crippen LogP) is -1.02. The molecular weight excluding hydrogens is 122 g/mol. The maximum atomic E-state index is 10.4. The number of amides is 2. The molecule has 0 aromatic carbocycles. The lowest BCUT2D eigenvalue weighted by atomic mass is 10.5. The maximum absolute atomic E-state index is 10.4. The number of nitrogens with zero attached hydrogens (tertiary/aromatic N) is 1. The number of aliphatic hydroxyl groups is 1. The maximum Gasteiger partial charge on any atom is 0.254 e. The van der Waals surface area contributed by atoms with Gasteiger partial charge in [-0.25, -0.2) is 0 Å². The molecule has 0 bridgehead atoms. The van der Waals surface area contributed by atoms with Crippen molar-refractivity contribution in [3.8, 4) is 0 Å². The SMILES string of the molecule is CC(=O)N(C)C(=O)CO. The van der Waals surface area contributed by atoms with Crippen LogP contribution in [0.3, 0.4) is 0 Å². The highest BCUT2D eigenvalue weighted by molar-refractivity contribution is 5.94. The molecule has 52 valence electrons. The van der Waals surface area contributed by atoms with Crippen molar-refractivity contribution in [3.05, 3.63) is 0 Å². The fourth-order valence-corrected chi connectivity index (χ4v) is 0.282. The zero-order valence-corrected chi connectivity index (χ0v) is 5.42. The lowest BCUT2D eigenvalue weighted by molar-refractivity contribution is -0.143. The Morgan fingerprint density at radius 1 is 1.56 bits per heavy atom. The average Bonchev–Trinajstić information content (AvgIpc) is 1.84. The highest BCUT2D eigenvalue weighted by atomic mass is 16.3. The van der Waals surface area contributed by atoms with Gasteiger partial charge in [-0.1, -0.05) is 0 Å². The summed E-state index contributed by atoms with van der Waals surface area (Å²) >= 11 is 0. The van der Waals surface area contributed by atoms with Gasteiger partial charge in [-0.2, -0.15) is 0 Å². The minimum Gasteiger partial charge on any atom is -0.387 e. The van der Waals surface area contributed by atoms with Crippen LogP contribution in [0.4, 0.5) is 0 Å². The van der Waals surface area contributed by atoms with Crippen LogP contribution in [0.2, 0.25) is 0 Å². The van der Waals surface area contributed by atoms with E-state index in [1.165, 1.54) is 14.0 Å². The van der Waals surface area contributed by atoms with E-state index < -0.39 is 12.5 Å². The summed E-state index contributed by atoms with van der Waals surface area (Å²) in [5, 5.41) is 8.21. The number of rotatable bonds is 1. The standard InChI is InChI=1S/C5H9NO3/c1-4(8)6(2)5(9)3-7/h7H,3H2,1-2H3. The molecule has 0 aromatic heterocycles. The normalized spacial score (nSPS) is 8.78. The summed E-state index contributed by atoms with van der Waals surface area (Å²) in [5.41, 5.74) is 0. The van der Waals surface area contributed by atoms with Crippen molar-refractivity contribution in [3.63, 3.8) is 0 Å². The summed E-state index contributed by atoms with van der Waals surface area (Å²) in [6.07, 6.45) is 0. The van der Waals surface area contributed by atoms with E-state index in [9.17, 15) is 9.59 Å². The van der Waals surface area contributed by atoms with Gasteiger partial charge in [0.05, 0.1) is 0 Å². The summed E-state index contributed by atoms with van der Waals surface area (Å²) < 4.78 is 0. The number of carbonyl (C=O) groups is 2. The minimum absolute atomic E-state index is 0.367. The molecule has 0 atom stereocenters. The molecule has 0 aliphatic rings. The Bertz CT molecular complexity index is 132. The topological polar surface area (TPSA) is 57.6 Å². The van der Waals surface area contributed by atoms with Crippen LogP contribution in [-0.4, -0.2) is 35.5 Å². The third-order valence-corrected chi connectivity index (χ3v) is 0.982. The van der Waals surface area contributed by atoms with Crippen molar-refractivity contribution in [1.82, 2.24) is 4.90 Å². The zero-order valence-electron chi connectivity index (χ0n) is 5.42. The molecule has 2 amide bonds. The van der Waals surface area contributed by atoms with Crippen molar-refractivity contribution in [2.75, 3.05) is 13.7 Å². The minimum atomic E-state index is -0.615. The van der Waals surface area contributed by atoms with Gasteiger partial charge in [0.1, 0.15) is 6.61 Å². The van der Waals surface area contributed by atoms with Crippen LogP contribution in [0, 0.1) is 0 Å². The first kappa shape index (κ1) is 8.10. The molecule has 0 fully saturated rings. The number of carbonyl (C=O) groups excluding carboxylic acids is 2. The molecule has 4 nitrogen and oxygen atoms in total. The highest BCUT2D eigenvalue weighted by Gasteiger charge is 2.09. The summed E-state index contributed by atoms with van der Waals surface area (Å²) in [4.78, 5) is 21.6. The first-order valence-corrected chi connectivity index (χ1v) is 2.47. The first-order valence-electron chi connectivity index (χ1n) is 2.47. The van der Waals surface area contributed by atoms with Crippen molar-refractivity contribution >= 4 is 11.8 Å². The van der Waals surface area contributed by atoms with Gasteiger partial charge in [0.25, 0.3) is 5.91 Å². The Balaban J connectivity index is 3.88. The van der Waals surface area contributed by atoms with Gasteiger partial charge in [-0.15, -0.1) is 0 Å². The van der Waals surface area contributed by atoms with Gasteiger partial charge in [0.2, 0.25) is 5.91 Å². The van der Waals surface area contributed by atoms with Gasteiger partial charge < -0.3 is 5.11 Å². The third-order valence-electron chi connectivity index (χ3n) is 0.982. The summed E-state index contributed by atoms with van der Waals surface area (Å²) in [5.74, 6) is -0.948. The first-order chi connectivity index (χ1) is 4.09. The van der Waals surface area contributed by atoms with Crippen LogP contribution in [-0.2, 0) is 9.59 Å². The molecule has 0 spiro atoms. The number of imide groups is 1. The summed E-state index contributed by atoms with van der Waals surface area (Å²) in [6, 6.07) is 0. The Hall–Kier alpha value is -0.900. The van der Waals surface area contributed by atoms with Crippen LogP contribution in [0.5, 0.6) is 0 Å². The van der Waals surface area contributed by atoms with Crippen LogP contribution in [0.15, 0.2) is 0 Å². The molecule has 0 aliphatic heterocycles. The smallest absolute Gasteiger partial charge is 0.254 e. The van der Waals surface area contributed by atoms with Crippen LogP contribution in [0.1, 0.15) is 6.92 Å². The average molecular weight is 131 g/mol. The fraction of sp³-hybridized carbons (Fsp3) is 0.600. The third kappa shape index (κ3) is 2.23. The highest BCUT2D eigenvalue weighted by Crippen LogP contribution is 1.82. The van der Waals surface area contributed by atoms with E-state index in [1.54, 1.807) is 0 Å². The summed E-state index contributed by atoms with van der Waals surface area (Å²) in [7, 11) is 1.32. The molecule has 0 rings (SSSR count). The number of hydrogen-bond acceptors (Lipinski definition) is 3. The second kappa shape index (κ2) is 3.19. The van der Waals surface area contributed by atoms with Crippen molar-refractivity contribution in [2.45, 2.75) is 6.92 Å². The fourth-order valence-electron chi connectivity index (χ4n) is 0.282. The molecule has 0 heterocycles. The molecule has 0 saturated carbocycles. The molecule has 0 aromatic rings. The Morgan fingerprint density at radius 3 is 2.11 bits per heavy atom. The van der Waals surface area contributed by atoms with Crippen molar-refractivity contribution < 1.29 is 14.7 Å². The Kier molecular flexibility index (Phi) is 2.87. The monoisotopic (exact) mass is 131 g/mol. The van der Waals surface area contributed by atoms with E-state index in [0.717, 1.165) is 4.90 Å². The van der Waals surface area contributed by atoms with E-state index in [-0.39, 0.29) is 5.91 Å². The summed E-state index contributed by atoms with van der Waals surface area (Å²) in [6.45, 7) is 0.642. The molecule has 0 unspecified atom stereocenters. The number of hydrogen-bond donors (Lipinski definition) is 1. The van der Waals surface area contributed by atoms with Gasteiger partial charge in [-0.05, 0) is 0 Å². The Morgan fingerprint density at radius 2 is 2.00 bits per heavy atom. The molecule has 0 aliphatic carbocycles. The van der Waals surface area contributed by atoms with Crippen LogP contribution in [0.25, 0.3) is 0 Å². The van der Waals surface area contributed by atoms with Crippen molar-refractivity contribution in [1.29, 1.82) is 0 Å². The number of likely N-dealkylation sites (N-methyl/N-ethyl adjacent to an activating group) is 1. The second-order valence-corrected chi connectivity index (χ2v) is 1.63. The molecule has 0 radical (unpaired) electrons. The van der Waals surface area contributed by atoms with Crippen molar-refractivity contribution in [2.24, 2.45) is 0 Å².